The van der Waals surface area contributed by atoms with Gasteiger partial charge in [-0.05, 0) is 115 Å². The number of carboxylic acid groups (broad SMARTS) is 1. The highest BCUT2D eigenvalue weighted by atomic mass is 79.9. The summed E-state index contributed by atoms with van der Waals surface area (Å²) >= 11 is 6.73. The largest absolute Gasteiger partial charge is 0.505 e. The molecule has 0 aliphatic rings. The number of aromatic nitrogens is 2. The first-order chi connectivity index (χ1) is 44.4. The van der Waals surface area contributed by atoms with Crippen molar-refractivity contribution in [1.29, 1.82) is 0 Å². The second-order valence-electron chi connectivity index (χ2n) is 23.0. The Labute approximate surface area is 574 Å². The third kappa shape index (κ3) is 27.9. The van der Waals surface area contributed by atoms with Gasteiger partial charge < -0.3 is 55.2 Å². The van der Waals surface area contributed by atoms with Crippen LogP contribution in [0.3, 0.4) is 0 Å². The number of esters is 1. The van der Waals surface area contributed by atoms with Gasteiger partial charge >= 0.3 is 30.2 Å². The molecule has 8 rings (SSSR count). The maximum Gasteiger partial charge on any atom is 0.373 e. The van der Waals surface area contributed by atoms with Crippen LogP contribution < -0.4 is 32.4 Å². The number of aromatic hydroxyl groups is 2. The van der Waals surface area contributed by atoms with E-state index in [9.17, 15) is 48.9 Å². The summed E-state index contributed by atoms with van der Waals surface area (Å²) in [5.74, 6) is -2.21. The molecule has 0 spiro atoms. The van der Waals surface area contributed by atoms with Crippen LogP contribution in [0.15, 0.2) is 201 Å². The number of pyridine rings is 2. The fourth-order valence-corrected chi connectivity index (χ4v) is 9.09. The standard InChI is InChI=1S/C27H31N3O5.C23H23N3O5.C12H15Br.C9H7BrO2.CO2.ClH/c1-17-16-30(5)25(33)23(24(17)32)29-26(34)28-21(15-22(31)35-27(2,3)4)20-13-11-19(12-14-20)18-9-7-6-8-10-18;1-14-13-26(2)22(30)20(21(14)29)25-23(31)24-18(12-19(27)28)17-10-8-16(9-11-17)15-6-4-3-5-7-15;1-12(2,3)9-8-10-4-6-11(13)7-5-10;10-9-3-1-8(2-4-9)5-6-12-7-11;2-1-3;/h6-14,16,21,32H,15H2,1-5H3,(H2,28,29,34);3-11,13,18,29H,12H2,1-2H3,(H,27,28)(H2,24,25,31);4-9H,1-3H3;1-7H;;1H/b;;9-8+;6-5+;;/t21-;18-;;;;/m00..../s1. The first-order valence-corrected chi connectivity index (χ1v) is 30.6. The molecule has 0 radical (unpaired) electrons. The highest BCUT2D eigenvalue weighted by Gasteiger charge is 2.25. The Morgan fingerprint density at radius 2 is 0.926 bits per heavy atom. The number of amides is 4. The molecule has 23 heteroatoms. The first kappa shape index (κ1) is 79.1. The molecule has 2 heterocycles. The number of hydrogen-bond acceptors (Lipinski definition) is 13. The van der Waals surface area contributed by atoms with Crippen molar-refractivity contribution in [2.24, 2.45) is 19.5 Å². The molecule has 0 aliphatic carbocycles. The van der Waals surface area contributed by atoms with Gasteiger partial charge in [-0.25, -0.2) is 9.59 Å². The topological polar surface area (TPSA) is 291 Å². The van der Waals surface area contributed by atoms with E-state index < -0.39 is 52.8 Å². The zero-order valence-corrected chi connectivity index (χ0v) is 58.0. The molecule has 8 aromatic rings. The molecule has 20 nitrogen and oxygen atoms in total. The van der Waals surface area contributed by atoms with E-state index in [4.69, 9.17) is 14.3 Å². The molecule has 7 N–H and O–H groups in total. The number of carbonyl (C=O) groups is 5. The smallest absolute Gasteiger partial charge is 0.373 e. The summed E-state index contributed by atoms with van der Waals surface area (Å²) in [6, 6.07) is 47.1. The van der Waals surface area contributed by atoms with Crippen LogP contribution in [0.1, 0.15) is 99.8 Å². The fraction of sp³-hybridized carbons (Fsp3) is 0.222. The molecule has 2 aromatic heterocycles. The van der Waals surface area contributed by atoms with Crippen molar-refractivity contribution in [1.82, 2.24) is 19.8 Å². The van der Waals surface area contributed by atoms with Gasteiger partial charge in [-0.2, -0.15) is 9.59 Å². The maximum atomic E-state index is 12.8. The van der Waals surface area contributed by atoms with E-state index in [1.807, 2.05) is 121 Å². The molecule has 500 valence electrons. The molecule has 4 amide bonds. The fourth-order valence-electron chi connectivity index (χ4n) is 8.56. The molecule has 0 bridgehead atoms. The molecule has 95 heavy (non-hydrogen) atoms. The Kier molecular flexibility index (Phi) is 32.3. The quantitative estimate of drug-likeness (QED) is 0.0269. The minimum absolute atomic E-state index is 0. The number of rotatable bonds is 16. The van der Waals surface area contributed by atoms with Gasteiger partial charge in [0.25, 0.3) is 17.6 Å². The molecule has 2 atom stereocenters. The predicted molar refractivity (Wildman–Crippen MR) is 378 cm³/mol. The molecular formula is C72H77Br2ClN6O14. The number of nitrogens with one attached hydrogen (secondary N) is 4. The van der Waals surface area contributed by atoms with Gasteiger partial charge in [0.15, 0.2) is 11.4 Å². The number of aryl methyl sites for hydroxylation is 4. The summed E-state index contributed by atoms with van der Waals surface area (Å²) in [7, 11) is 3.02. The zero-order valence-electron chi connectivity index (χ0n) is 54.0. The molecule has 0 saturated carbocycles. The highest BCUT2D eigenvalue weighted by molar-refractivity contribution is 9.10. The number of carbonyl (C=O) groups excluding carboxylic acids is 6. The Balaban J connectivity index is 0.000000353. The Morgan fingerprint density at radius 1 is 0.568 bits per heavy atom. The Morgan fingerprint density at radius 3 is 1.27 bits per heavy atom. The molecule has 0 fully saturated rings. The van der Waals surface area contributed by atoms with Crippen LogP contribution in [-0.2, 0) is 47.5 Å². The minimum Gasteiger partial charge on any atom is -0.505 e. The summed E-state index contributed by atoms with van der Waals surface area (Å²) < 4.78 is 14.5. The van der Waals surface area contributed by atoms with E-state index in [-0.39, 0.29) is 59.7 Å². The number of aliphatic carboxylic acids is 1. The second-order valence-corrected chi connectivity index (χ2v) is 24.8. The van der Waals surface area contributed by atoms with Crippen LogP contribution >= 0.6 is 44.3 Å². The third-order valence-electron chi connectivity index (χ3n) is 13.1. The average Bonchev–Trinajstić information content (AvgIpc) is 0.853. The van der Waals surface area contributed by atoms with E-state index >= 15 is 0 Å². The van der Waals surface area contributed by atoms with Crippen LogP contribution in [0.4, 0.5) is 21.0 Å². The lowest BCUT2D eigenvalue weighted by atomic mass is 9.95. The van der Waals surface area contributed by atoms with Gasteiger partial charge in [0, 0.05) is 46.6 Å². The number of hydrogen-bond donors (Lipinski definition) is 7. The zero-order chi connectivity index (χ0) is 69.7. The number of urea groups is 2. The summed E-state index contributed by atoms with van der Waals surface area (Å²) in [5.41, 5.74) is 6.30. The maximum absolute atomic E-state index is 12.8. The lowest BCUT2D eigenvalue weighted by molar-refractivity contribution is -0.191. The van der Waals surface area contributed by atoms with Gasteiger partial charge in [0.05, 0.1) is 31.2 Å². The van der Waals surface area contributed by atoms with E-state index in [1.54, 1.807) is 52.8 Å². The van der Waals surface area contributed by atoms with Crippen molar-refractivity contribution in [2.75, 3.05) is 10.6 Å². The third-order valence-corrected chi connectivity index (χ3v) is 14.1. The number of carboxylic acids is 1. The van der Waals surface area contributed by atoms with Crippen molar-refractivity contribution in [3.63, 3.8) is 0 Å². The number of nitrogens with zero attached hydrogens (tertiary/aromatic N) is 2. The molecule has 0 saturated heterocycles. The predicted octanol–water partition coefficient (Wildman–Crippen LogP) is 15.0. The molecule has 6 aromatic carbocycles. The number of halogens is 3. The first-order valence-electron chi connectivity index (χ1n) is 29.1. The summed E-state index contributed by atoms with van der Waals surface area (Å²) in [5, 5.41) is 39.8. The molecule has 0 unspecified atom stereocenters. The normalized spacial score (nSPS) is 11.2. The lowest BCUT2D eigenvalue weighted by Crippen LogP contribution is -2.37. The number of allylic oxidation sites excluding steroid dienone is 1. The van der Waals surface area contributed by atoms with Gasteiger partial charge in [-0.1, -0.05) is 198 Å². The minimum atomic E-state index is -1.09. The highest BCUT2D eigenvalue weighted by Crippen LogP contribution is 2.29. The van der Waals surface area contributed by atoms with Crippen LogP contribution in [0.25, 0.3) is 34.4 Å². The van der Waals surface area contributed by atoms with E-state index in [0.717, 1.165) is 36.8 Å². The van der Waals surface area contributed by atoms with Gasteiger partial charge in [0.2, 0.25) is 0 Å². The van der Waals surface area contributed by atoms with Gasteiger partial charge in [-0.3, -0.25) is 24.0 Å². The van der Waals surface area contributed by atoms with Crippen LogP contribution in [0.2, 0.25) is 0 Å². The van der Waals surface area contributed by atoms with Crippen molar-refractivity contribution >= 4 is 104 Å². The monoisotopic (exact) mass is 1440 g/mol. The average molecular weight is 1450 g/mol. The second kappa shape index (κ2) is 38.8. The van der Waals surface area contributed by atoms with Gasteiger partial charge in [-0.15, -0.1) is 12.4 Å². The van der Waals surface area contributed by atoms with Crippen molar-refractivity contribution in [3.8, 4) is 33.8 Å². The number of anilines is 2. The number of ether oxygens (including phenoxy) is 2. The van der Waals surface area contributed by atoms with Crippen molar-refractivity contribution < 1.29 is 58.4 Å². The van der Waals surface area contributed by atoms with Crippen LogP contribution in [0, 0.1) is 19.3 Å². The van der Waals surface area contributed by atoms with Crippen molar-refractivity contribution in [2.45, 2.75) is 85.9 Å². The molecule has 0 aliphatic heterocycles. The van der Waals surface area contributed by atoms with Crippen LogP contribution in [-0.4, -0.2) is 66.7 Å². The summed E-state index contributed by atoms with van der Waals surface area (Å²) in [4.78, 5) is 100.0. The SMILES string of the molecule is CC(C)(C)/C=C/c1ccc(Br)cc1.Cc1cn(C)c(=O)c(NC(=O)N[C@@H](CC(=O)O)c2ccc(-c3ccccc3)cc2)c1O.Cc1cn(C)c(=O)c(NC(=O)N[C@@H](CC(=O)OC(C)(C)C)c2ccc(-c3ccccc3)cc2)c1O.Cl.O=C=O.O=CO/C=C/c1ccc(Br)cc1. The summed E-state index contributed by atoms with van der Waals surface area (Å²) in [6.45, 7) is 15.5. The van der Waals surface area contributed by atoms with Crippen LogP contribution in [0.5, 0.6) is 11.5 Å². The van der Waals surface area contributed by atoms with Gasteiger partial charge in [0.1, 0.15) is 17.1 Å². The van der Waals surface area contributed by atoms with E-state index in [0.29, 0.717) is 28.7 Å². The van der Waals surface area contributed by atoms with E-state index in [1.165, 1.54) is 47.4 Å². The lowest BCUT2D eigenvalue weighted by Gasteiger charge is -2.23. The Hall–Kier alpha value is -10.1. The number of benzene rings is 6. The van der Waals surface area contributed by atoms with E-state index in [2.05, 4.69) is 115 Å². The summed E-state index contributed by atoms with van der Waals surface area (Å²) in [6.07, 6.45) is 10.1. The Bertz CT molecular complexity index is 4030. The van der Waals surface area contributed by atoms with Crippen molar-refractivity contribution in [3.05, 3.63) is 245 Å². The molecular weight excluding hydrogens is 1370 g/mol.